The molecule has 2 atom stereocenters. The smallest absolute Gasteiger partial charge is 0.311 e. The van der Waals surface area contributed by atoms with Crippen LogP contribution >= 0.6 is 0 Å². The first-order chi connectivity index (χ1) is 9.19. The molecule has 0 spiro atoms. The minimum Gasteiger partial charge on any atom is -0.370 e. The van der Waals surface area contributed by atoms with Gasteiger partial charge in [-0.3, -0.25) is 10.1 Å². The van der Waals surface area contributed by atoms with E-state index in [9.17, 15) is 10.1 Å². The monoisotopic (exact) mass is 262 g/mol. The lowest BCUT2D eigenvalue weighted by Crippen LogP contribution is -2.33. The number of aromatic nitrogens is 1. The number of hydrogen-bond donors (Lipinski definition) is 1. The Kier molecular flexibility index (Phi) is 3.00. The Hall–Kier alpha value is -1.85. The van der Waals surface area contributed by atoms with Crippen molar-refractivity contribution in [2.45, 2.75) is 32.2 Å². The molecule has 1 aromatic rings. The van der Waals surface area contributed by atoms with Crippen LogP contribution in [0.25, 0.3) is 0 Å². The lowest BCUT2D eigenvalue weighted by atomic mass is 10.1. The molecule has 3 rings (SSSR count). The van der Waals surface area contributed by atoms with Crippen molar-refractivity contribution in [3.8, 4) is 0 Å². The van der Waals surface area contributed by atoms with Gasteiger partial charge in [0.15, 0.2) is 0 Å². The number of piperidine rings is 1. The number of fused-ring (bicyclic) bond motifs is 2. The summed E-state index contributed by atoms with van der Waals surface area (Å²) in [6, 6.07) is 3.68. The fraction of sp³-hybridized carbons (Fsp3) is 0.615. The molecule has 1 aromatic heterocycles. The highest BCUT2D eigenvalue weighted by molar-refractivity contribution is 5.63. The lowest BCUT2D eigenvalue weighted by molar-refractivity contribution is -0.384. The van der Waals surface area contributed by atoms with Crippen LogP contribution in [-0.2, 0) is 0 Å². The molecule has 102 valence electrons. The summed E-state index contributed by atoms with van der Waals surface area (Å²) >= 11 is 0. The van der Waals surface area contributed by atoms with E-state index in [1.165, 1.54) is 6.42 Å². The average Bonchev–Trinajstić information content (AvgIpc) is 3.01. The predicted octanol–water partition coefficient (Wildman–Crippen LogP) is 2.41. The number of nitrogens with one attached hydrogen (secondary N) is 1. The maximum atomic E-state index is 11.2. The van der Waals surface area contributed by atoms with Gasteiger partial charge in [-0.1, -0.05) is 0 Å². The third kappa shape index (κ3) is 2.11. The maximum Gasteiger partial charge on any atom is 0.311 e. The second-order valence-electron chi connectivity index (χ2n) is 5.31. The Bertz CT molecular complexity index is 505. The molecule has 2 bridgehead atoms. The molecule has 2 heterocycles. The van der Waals surface area contributed by atoms with Gasteiger partial charge in [-0.15, -0.1) is 0 Å². The molecule has 2 unspecified atom stereocenters. The predicted molar refractivity (Wildman–Crippen MR) is 73.5 cm³/mol. The normalized spacial score (nSPS) is 24.8. The van der Waals surface area contributed by atoms with Gasteiger partial charge >= 0.3 is 5.69 Å². The fourth-order valence-electron chi connectivity index (χ4n) is 3.26. The molecule has 6 nitrogen and oxygen atoms in total. The molecule has 1 saturated carbocycles. The first-order valence-electron chi connectivity index (χ1n) is 6.85. The molecule has 2 fully saturated rings. The van der Waals surface area contributed by atoms with Crippen molar-refractivity contribution in [3.05, 3.63) is 22.2 Å². The van der Waals surface area contributed by atoms with Crippen molar-refractivity contribution < 1.29 is 4.92 Å². The summed E-state index contributed by atoms with van der Waals surface area (Å²) in [7, 11) is 0. The second-order valence-corrected chi connectivity index (χ2v) is 5.31. The molecule has 2 aliphatic rings. The quantitative estimate of drug-likeness (QED) is 0.666. The molecule has 19 heavy (non-hydrogen) atoms. The number of hydrogen-bond acceptors (Lipinski definition) is 5. The molecule has 6 heteroatoms. The average molecular weight is 262 g/mol. The summed E-state index contributed by atoms with van der Waals surface area (Å²) in [5.41, 5.74) is 0.120. The van der Waals surface area contributed by atoms with Gasteiger partial charge in [-0.05, 0) is 38.2 Å². The van der Waals surface area contributed by atoms with Crippen LogP contribution in [0, 0.1) is 16.0 Å². The van der Waals surface area contributed by atoms with Crippen LogP contribution in [0.1, 0.15) is 26.2 Å². The fourth-order valence-corrected chi connectivity index (χ4v) is 3.26. The van der Waals surface area contributed by atoms with Crippen LogP contribution in [0.3, 0.4) is 0 Å². The zero-order valence-electron chi connectivity index (χ0n) is 11.0. The first kappa shape index (κ1) is 12.2. The second kappa shape index (κ2) is 4.68. The molecule has 1 aliphatic carbocycles. The Balaban J connectivity index is 1.97. The first-order valence-corrected chi connectivity index (χ1v) is 6.85. The zero-order chi connectivity index (χ0) is 13.4. The van der Waals surface area contributed by atoms with Gasteiger partial charge in [-0.2, -0.15) is 0 Å². The summed E-state index contributed by atoms with van der Waals surface area (Å²) in [5.74, 6) is 1.94. The zero-order valence-corrected chi connectivity index (χ0v) is 11.0. The van der Waals surface area contributed by atoms with Crippen LogP contribution in [0.4, 0.5) is 17.3 Å². The minimum atomic E-state index is -0.329. The summed E-state index contributed by atoms with van der Waals surface area (Å²) in [4.78, 5) is 17.4. The van der Waals surface area contributed by atoms with Gasteiger partial charge in [0.1, 0.15) is 5.82 Å². The highest BCUT2D eigenvalue weighted by Crippen LogP contribution is 2.42. The number of pyridine rings is 1. The van der Waals surface area contributed by atoms with Crippen molar-refractivity contribution >= 4 is 17.3 Å². The molecule has 0 aromatic carbocycles. The minimum absolute atomic E-state index is 0.120. The van der Waals surface area contributed by atoms with E-state index in [1.54, 1.807) is 12.1 Å². The standard InChI is InChI=1S/C13H18N4O2/c1-2-14-12-6-5-11(17(18)19)13(15-12)16-8-9-3-4-10(16)7-9/h5-6,9-10H,2-4,7-8H2,1H3,(H,14,15). The summed E-state index contributed by atoms with van der Waals surface area (Å²) in [6.45, 7) is 3.66. The Morgan fingerprint density at radius 2 is 2.37 bits per heavy atom. The van der Waals surface area contributed by atoms with Crippen LogP contribution in [0.2, 0.25) is 0 Å². The maximum absolute atomic E-state index is 11.2. The van der Waals surface area contributed by atoms with Crippen molar-refractivity contribution in [2.75, 3.05) is 23.3 Å². The Morgan fingerprint density at radius 1 is 1.53 bits per heavy atom. The van der Waals surface area contributed by atoms with E-state index < -0.39 is 0 Å². The van der Waals surface area contributed by atoms with Crippen molar-refractivity contribution in [2.24, 2.45) is 5.92 Å². The van der Waals surface area contributed by atoms with Crippen LogP contribution in [0.15, 0.2) is 12.1 Å². The molecular weight excluding hydrogens is 244 g/mol. The van der Waals surface area contributed by atoms with Gasteiger partial charge in [-0.25, -0.2) is 4.98 Å². The van der Waals surface area contributed by atoms with Gasteiger partial charge in [0, 0.05) is 25.2 Å². The van der Waals surface area contributed by atoms with Gasteiger partial charge in [0.05, 0.1) is 4.92 Å². The van der Waals surface area contributed by atoms with E-state index in [4.69, 9.17) is 0 Å². The number of nitro groups is 1. The number of nitrogens with zero attached hydrogens (tertiary/aromatic N) is 3. The molecule has 1 saturated heterocycles. The third-order valence-corrected chi connectivity index (χ3v) is 4.09. The molecule has 0 radical (unpaired) electrons. The largest absolute Gasteiger partial charge is 0.370 e. The summed E-state index contributed by atoms with van der Waals surface area (Å²) < 4.78 is 0. The van der Waals surface area contributed by atoms with Crippen LogP contribution in [-0.4, -0.2) is 29.0 Å². The Labute approximate surface area is 112 Å². The van der Waals surface area contributed by atoms with E-state index in [-0.39, 0.29) is 10.6 Å². The SMILES string of the molecule is CCNc1ccc([N+](=O)[O-])c(N2CC3CCC2C3)n1. The van der Waals surface area contributed by atoms with Crippen LogP contribution in [0.5, 0.6) is 0 Å². The van der Waals surface area contributed by atoms with Crippen molar-refractivity contribution in [3.63, 3.8) is 0 Å². The number of rotatable bonds is 4. The summed E-state index contributed by atoms with van der Waals surface area (Å²) in [5, 5.41) is 14.3. The van der Waals surface area contributed by atoms with E-state index in [0.717, 1.165) is 25.9 Å². The van der Waals surface area contributed by atoms with Gasteiger partial charge < -0.3 is 10.2 Å². The third-order valence-electron chi connectivity index (χ3n) is 4.09. The number of anilines is 2. The summed E-state index contributed by atoms with van der Waals surface area (Å²) in [6.07, 6.45) is 3.54. The van der Waals surface area contributed by atoms with E-state index in [1.807, 2.05) is 6.92 Å². The van der Waals surface area contributed by atoms with Crippen LogP contribution < -0.4 is 10.2 Å². The lowest BCUT2D eigenvalue weighted by Gasteiger charge is -2.27. The highest BCUT2D eigenvalue weighted by Gasteiger charge is 2.40. The van der Waals surface area contributed by atoms with Gasteiger partial charge in [0.25, 0.3) is 0 Å². The van der Waals surface area contributed by atoms with E-state index in [0.29, 0.717) is 23.6 Å². The van der Waals surface area contributed by atoms with E-state index in [2.05, 4.69) is 15.2 Å². The molecular formula is C13H18N4O2. The van der Waals surface area contributed by atoms with E-state index >= 15 is 0 Å². The molecule has 1 N–H and O–H groups in total. The topological polar surface area (TPSA) is 71.3 Å². The Morgan fingerprint density at radius 3 is 2.95 bits per heavy atom. The van der Waals surface area contributed by atoms with Crippen molar-refractivity contribution in [1.82, 2.24) is 4.98 Å². The van der Waals surface area contributed by atoms with Crippen molar-refractivity contribution in [1.29, 1.82) is 0 Å². The highest BCUT2D eigenvalue weighted by atomic mass is 16.6. The van der Waals surface area contributed by atoms with Gasteiger partial charge in [0.2, 0.25) is 5.82 Å². The molecule has 1 aliphatic heterocycles. The molecule has 0 amide bonds.